The predicted octanol–water partition coefficient (Wildman–Crippen LogP) is 11.8. The summed E-state index contributed by atoms with van der Waals surface area (Å²) in [5.74, 6) is -1.80. The molecule has 8 aromatic rings. The van der Waals surface area contributed by atoms with Crippen LogP contribution in [-0.2, 0) is 20.2 Å². The number of fused-ring (bicyclic) bond motifs is 2. The van der Waals surface area contributed by atoms with Crippen molar-refractivity contribution in [2.24, 2.45) is 25.4 Å². The van der Waals surface area contributed by atoms with Gasteiger partial charge < -0.3 is 30.1 Å². The summed E-state index contributed by atoms with van der Waals surface area (Å²) in [7, 11) is -9.33. The number of phenols is 1. The Morgan fingerprint density at radius 3 is 1.61 bits per heavy atom. The van der Waals surface area contributed by atoms with E-state index >= 15 is 0 Å². The van der Waals surface area contributed by atoms with E-state index in [1.54, 1.807) is 104 Å². The van der Waals surface area contributed by atoms with Crippen LogP contribution in [-0.4, -0.2) is 93.8 Å². The fourth-order valence-electron chi connectivity index (χ4n) is 7.65. The van der Waals surface area contributed by atoms with Gasteiger partial charge in [0.05, 0.1) is 30.2 Å². The molecule has 0 fully saturated rings. The number of nitrogens with one attached hydrogen (secondary N) is 1. The molecule has 0 aliphatic heterocycles. The van der Waals surface area contributed by atoms with Gasteiger partial charge in [-0.2, -0.15) is 21.9 Å². The number of carbonyl (C=O) groups excluding carboxylic acids is 1. The summed E-state index contributed by atoms with van der Waals surface area (Å²) in [5.41, 5.74) is -0.110. The van der Waals surface area contributed by atoms with E-state index in [1.807, 2.05) is 6.92 Å². The van der Waals surface area contributed by atoms with Crippen LogP contribution < -0.4 is 25.0 Å². The SMILES string of the molecule is CCOc1ccccc1N=C([O-])c1cc2ccccc2c(N=Nc2cc(Cl)cc(C)c2S(=O)(=O)O)c1[O-].CCOc1ccccc1NC(=O)c1cc2ccccc2c(N=Nc2cc(Cl)cc(C)c2S(=O)(=O)O)c1O.[Ca+2]. The number of azo groups is 2. The van der Waals surface area contributed by atoms with Crippen LogP contribution in [0.5, 0.6) is 23.0 Å². The minimum absolute atomic E-state index is 0. The molecular weight excluding hydrogens is 1080 g/mol. The van der Waals surface area contributed by atoms with Gasteiger partial charge in [-0.1, -0.05) is 102 Å². The van der Waals surface area contributed by atoms with Crippen molar-refractivity contribution in [2.75, 3.05) is 18.5 Å². The van der Waals surface area contributed by atoms with E-state index < -0.39 is 53.3 Å². The maximum atomic E-state index is 13.4. The summed E-state index contributed by atoms with van der Waals surface area (Å²) in [4.78, 5) is 16.3. The molecule has 8 rings (SSSR count). The first kappa shape index (κ1) is 57.6. The van der Waals surface area contributed by atoms with Gasteiger partial charge in [0.2, 0.25) is 0 Å². The van der Waals surface area contributed by atoms with Crippen molar-refractivity contribution < 1.29 is 55.5 Å². The average Bonchev–Trinajstić information content (AvgIpc) is 3.33. The molecule has 0 heterocycles. The number of para-hydroxylation sites is 4. The number of benzene rings is 8. The first-order chi connectivity index (χ1) is 35.2. The van der Waals surface area contributed by atoms with E-state index in [4.69, 9.17) is 32.7 Å². The molecule has 1 amide bonds. The van der Waals surface area contributed by atoms with Crippen LogP contribution in [0.3, 0.4) is 0 Å². The Bertz CT molecular complexity index is 3830. The molecule has 0 atom stereocenters. The van der Waals surface area contributed by atoms with Crippen LogP contribution in [0.25, 0.3) is 21.5 Å². The normalized spacial score (nSPS) is 11.9. The Labute approximate surface area is 470 Å². The second-order valence-corrected chi connectivity index (χ2v) is 19.4. The van der Waals surface area contributed by atoms with E-state index in [9.17, 15) is 46.1 Å². The molecule has 0 unspecified atom stereocenters. The quantitative estimate of drug-likeness (QED) is 0.0260. The Balaban J connectivity index is 0.000000241. The third-order valence-corrected chi connectivity index (χ3v) is 13.3. The fourth-order valence-corrected chi connectivity index (χ4v) is 9.84. The number of aliphatic imine (C=N–C) groups is 1. The van der Waals surface area contributed by atoms with Crippen molar-refractivity contribution in [3.63, 3.8) is 0 Å². The summed E-state index contributed by atoms with van der Waals surface area (Å²) >= 11 is 12.1. The van der Waals surface area contributed by atoms with Crippen LogP contribution >= 0.6 is 23.2 Å². The minimum Gasteiger partial charge on any atom is -0.871 e. The second kappa shape index (κ2) is 24.7. The van der Waals surface area contributed by atoms with Gasteiger partial charge in [0.15, 0.2) is 5.75 Å². The summed E-state index contributed by atoms with van der Waals surface area (Å²) in [5, 5.41) is 58.6. The maximum absolute atomic E-state index is 13.4. The number of carbonyl (C=O) groups is 1. The van der Waals surface area contributed by atoms with Gasteiger partial charge in [0.1, 0.15) is 44.0 Å². The van der Waals surface area contributed by atoms with E-state index in [1.165, 1.54) is 50.2 Å². The summed E-state index contributed by atoms with van der Waals surface area (Å²) in [6, 6.07) is 35.2. The van der Waals surface area contributed by atoms with Crippen molar-refractivity contribution in [1.82, 2.24) is 0 Å². The summed E-state index contributed by atoms with van der Waals surface area (Å²) in [6.45, 7) is 7.26. The van der Waals surface area contributed by atoms with E-state index in [2.05, 4.69) is 30.8 Å². The second-order valence-electron chi connectivity index (χ2n) is 15.9. The van der Waals surface area contributed by atoms with Crippen molar-refractivity contribution in [3.05, 3.63) is 166 Å². The minimum atomic E-state index is -4.67. The molecule has 75 heavy (non-hydrogen) atoms. The van der Waals surface area contributed by atoms with Crippen LogP contribution in [0.15, 0.2) is 169 Å². The monoisotopic (exact) mass is 1120 g/mol. The number of phenolic OH excluding ortho intramolecular Hbond substituents is 1. The van der Waals surface area contributed by atoms with Gasteiger partial charge in [0.25, 0.3) is 26.1 Å². The molecule has 0 radical (unpaired) electrons. The van der Waals surface area contributed by atoms with Crippen LogP contribution in [0.1, 0.15) is 40.9 Å². The largest absolute Gasteiger partial charge is 2.00 e. The fraction of sp³-hybridized carbons (Fsp3) is 0.115. The number of hydrogen-bond acceptors (Lipinski definition) is 15. The molecule has 0 aliphatic carbocycles. The Kier molecular flexibility index (Phi) is 19.0. The molecule has 4 N–H and O–H groups in total. The Morgan fingerprint density at radius 2 is 1.07 bits per heavy atom. The van der Waals surface area contributed by atoms with Gasteiger partial charge in [-0.25, -0.2) is 0 Å². The summed E-state index contributed by atoms with van der Waals surface area (Å²) in [6.07, 6.45) is 0. The van der Waals surface area contributed by atoms with Gasteiger partial charge >= 0.3 is 37.7 Å². The first-order valence-electron chi connectivity index (χ1n) is 22.1. The zero-order valence-electron chi connectivity index (χ0n) is 40.1. The van der Waals surface area contributed by atoms with Gasteiger partial charge in [-0.3, -0.25) is 18.9 Å². The van der Waals surface area contributed by atoms with Gasteiger partial charge in [-0.15, -0.1) is 15.3 Å². The number of hydrogen-bond donors (Lipinski definition) is 4. The Hall–Kier alpha value is -6.72. The first-order valence-corrected chi connectivity index (χ1v) is 25.7. The number of aromatic hydroxyl groups is 1. The topological polar surface area (TPSA) is 284 Å². The van der Waals surface area contributed by atoms with Gasteiger partial charge in [0, 0.05) is 20.8 Å². The van der Waals surface area contributed by atoms with Crippen LogP contribution in [0.4, 0.5) is 34.1 Å². The summed E-state index contributed by atoms with van der Waals surface area (Å²) < 4.78 is 78.3. The maximum Gasteiger partial charge on any atom is 2.00 e. The van der Waals surface area contributed by atoms with E-state index in [0.717, 1.165) is 0 Å². The molecule has 0 saturated carbocycles. The van der Waals surface area contributed by atoms with Crippen molar-refractivity contribution in [3.8, 4) is 23.0 Å². The predicted molar refractivity (Wildman–Crippen MR) is 284 cm³/mol. The van der Waals surface area contributed by atoms with E-state index in [-0.39, 0.29) is 98.5 Å². The molecule has 23 heteroatoms. The molecule has 0 bridgehead atoms. The number of nitrogens with zero attached hydrogens (tertiary/aromatic N) is 5. The smallest absolute Gasteiger partial charge is 0.871 e. The molecule has 8 aromatic carbocycles. The number of anilines is 1. The Morgan fingerprint density at radius 1 is 0.613 bits per heavy atom. The van der Waals surface area contributed by atoms with Crippen LogP contribution in [0.2, 0.25) is 10.0 Å². The van der Waals surface area contributed by atoms with Gasteiger partial charge in [-0.05, 0) is 122 Å². The molecule has 0 aliphatic rings. The van der Waals surface area contributed by atoms with Crippen molar-refractivity contribution in [1.29, 1.82) is 0 Å². The third-order valence-electron chi connectivity index (χ3n) is 10.7. The molecular formula is C52H42CaCl2N6O12S2. The molecule has 380 valence electrons. The number of rotatable bonds is 14. The molecule has 0 spiro atoms. The zero-order chi connectivity index (χ0) is 53.5. The molecule has 0 aromatic heterocycles. The number of amides is 1. The standard InChI is InChI=1S/2C26H22ClN3O6S.Ca/c2*1-3-36-22-11-7-6-10-20(22)28-26(32)19-13-16-8-4-5-9-18(16)23(24(19)31)30-29-21-14-17(27)12-15(2)25(21)37(33,34)35;/h2*4-14,31H,3H2,1-2H3,(H,28,32)(H,33,34,35);/q;;+2/p-2. The molecule has 0 saturated heterocycles. The van der Waals surface area contributed by atoms with Crippen molar-refractivity contribution >= 4 is 149 Å². The van der Waals surface area contributed by atoms with Crippen molar-refractivity contribution in [2.45, 2.75) is 37.5 Å². The number of ether oxygens (including phenoxy) is 2. The average molecular weight is 1120 g/mol. The molecule has 18 nitrogen and oxygen atoms in total. The zero-order valence-corrected chi connectivity index (χ0v) is 45.5. The van der Waals surface area contributed by atoms with Crippen LogP contribution in [0, 0.1) is 13.8 Å². The third kappa shape index (κ3) is 13.6. The number of aryl methyl sites for hydroxylation is 2. The van der Waals surface area contributed by atoms with E-state index in [0.29, 0.717) is 51.9 Å². The number of halogens is 2.